The van der Waals surface area contributed by atoms with E-state index in [2.05, 4.69) is 11.8 Å². The number of hydrogen-bond acceptors (Lipinski definition) is 4. The Bertz CT molecular complexity index is 259. The highest BCUT2D eigenvalue weighted by molar-refractivity contribution is 5.19. The molecule has 0 amide bonds. The summed E-state index contributed by atoms with van der Waals surface area (Å²) in [5, 5.41) is 19.7. The van der Waals surface area contributed by atoms with E-state index in [9.17, 15) is 10.2 Å². The second-order valence-electron chi connectivity index (χ2n) is 4.68. The first kappa shape index (κ1) is 14.4. The fraction of sp³-hybridized carbons (Fsp3) is 0.818. The standard InChI is InChI=1S/C11H22N2O2/c1-10(14,9-12(3)4)7-8-11(2,15)13(5)6/h14-15H,9H2,1-6H3. The smallest absolute Gasteiger partial charge is 0.178 e. The quantitative estimate of drug-likeness (QED) is 0.494. The minimum absolute atomic E-state index is 0.434. The van der Waals surface area contributed by atoms with E-state index in [4.69, 9.17) is 0 Å². The molecule has 0 aliphatic rings. The summed E-state index contributed by atoms with van der Waals surface area (Å²) in [6.07, 6.45) is 0. The highest BCUT2D eigenvalue weighted by Gasteiger charge is 2.23. The Hall–Kier alpha value is -0.600. The summed E-state index contributed by atoms with van der Waals surface area (Å²) in [7, 11) is 7.19. The molecular weight excluding hydrogens is 192 g/mol. The van der Waals surface area contributed by atoms with Gasteiger partial charge in [-0.05, 0) is 48.0 Å². The van der Waals surface area contributed by atoms with Crippen molar-refractivity contribution in [2.24, 2.45) is 0 Å². The van der Waals surface area contributed by atoms with Crippen molar-refractivity contribution >= 4 is 0 Å². The lowest BCUT2D eigenvalue weighted by Gasteiger charge is -2.26. The lowest BCUT2D eigenvalue weighted by atomic mass is 10.1. The Labute approximate surface area is 92.5 Å². The fourth-order valence-electron chi connectivity index (χ4n) is 1.02. The normalized spacial score (nSPS) is 19.3. The van der Waals surface area contributed by atoms with Crippen molar-refractivity contribution in [3.63, 3.8) is 0 Å². The molecule has 0 spiro atoms. The Balaban J connectivity index is 4.64. The summed E-state index contributed by atoms with van der Waals surface area (Å²) in [5.41, 5.74) is -2.32. The van der Waals surface area contributed by atoms with Gasteiger partial charge >= 0.3 is 0 Å². The van der Waals surface area contributed by atoms with E-state index in [-0.39, 0.29) is 0 Å². The van der Waals surface area contributed by atoms with Crippen molar-refractivity contribution in [1.82, 2.24) is 9.80 Å². The second-order valence-corrected chi connectivity index (χ2v) is 4.68. The number of hydrogen-bond donors (Lipinski definition) is 2. The third-order valence-corrected chi connectivity index (χ3v) is 2.06. The van der Waals surface area contributed by atoms with Gasteiger partial charge in [-0.2, -0.15) is 0 Å². The third kappa shape index (κ3) is 5.75. The molecule has 0 aliphatic heterocycles. The van der Waals surface area contributed by atoms with E-state index >= 15 is 0 Å². The third-order valence-electron chi connectivity index (χ3n) is 2.06. The van der Waals surface area contributed by atoms with Crippen LogP contribution in [0.5, 0.6) is 0 Å². The van der Waals surface area contributed by atoms with E-state index in [1.807, 2.05) is 19.0 Å². The van der Waals surface area contributed by atoms with Crippen LogP contribution in [-0.2, 0) is 0 Å². The van der Waals surface area contributed by atoms with Gasteiger partial charge in [-0.3, -0.25) is 4.90 Å². The molecule has 0 aromatic rings. The minimum atomic E-state index is -1.21. The molecule has 0 fully saturated rings. The van der Waals surface area contributed by atoms with Gasteiger partial charge in [0.25, 0.3) is 0 Å². The molecule has 0 aromatic heterocycles. The van der Waals surface area contributed by atoms with Gasteiger partial charge in [-0.15, -0.1) is 0 Å². The van der Waals surface area contributed by atoms with Gasteiger partial charge in [-0.1, -0.05) is 5.92 Å². The Kier molecular flexibility index (Phi) is 4.75. The van der Waals surface area contributed by atoms with Crippen LogP contribution in [0, 0.1) is 11.8 Å². The maximum atomic E-state index is 9.89. The van der Waals surface area contributed by atoms with Crippen LogP contribution < -0.4 is 0 Å². The van der Waals surface area contributed by atoms with Crippen molar-refractivity contribution in [3.8, 4) is 11.8 Å². The Morgan fingerprint density at radius 3 is 1.80 bits per heavy atom. The average molecular weight is 214 g/mol. The predicted molar refractivity (Wildman–Crippen MR) is 61.3 cm³/mol. The van der Waals surface area contributed by atoms with Gasteiger partial charge < -0.3 is 15.1 Å². The Morgan fingerprint density at radius 2 is 1.47 bits per heavy atom. The molecular formula is C11H22N2O2. The van der Waals surface area contributed by atoms with Crippen molar-refractivity contribution in [3.05, 3.63) is 0 Å². The largest absolute Gasteiger partial charge is 0.377 e. The lowest BCUT2D eigenvalue weighted by Crippen LogP contribution is -2.41. The molecule has 0 rings (SSSR count). The van der Waals surface area contributed by atoms with E-state index in [1.165, 1.54) is 0 Å². The van der Waals surface area contributed by atoms with Crippen LogP contribution in [0.15, 0.2) is 0 Å². The van der Waals surface area contributed by atoms with E-state index in [0.717, 1.165) is 0 Å². The van der Waals surface area contributed by atoms with Crippen LogP contribution in [-0.4, -0.2) is 66.1 Å². The highest BCUT2D eigenvalue weighted by atomic mass is 16.3. The first-order valence-corrected chi connectivity index (χ1v) is 4.88. The van der Waals surface area contributed by atoms with Crippen LogP contribution in [0.1, 0.15) is 13.8 Å². The van der Waals surface area contributed by atoms with Crippen LogP contribution >= 0.6 is 0 Å². The number of likely N-dealkylation sites (N-methyl/N-ethyl adjacent to an activating group) is 1. The van der Waals surface area contributed by atoms with Crippen LogP contribution in [0.4, 0.5) is 0 Å². The molecule has 0 saturated heterocycles. The molecule has 88 valence electrons. The van der Waals surface area contributed by atoms with Crippen molar-refractivity contribution in [2.75, 3.05) is 34.7 Å². The van der Waals surface area contributed by atoms with Gasteiger partial charge in [0.2, 0.25) is 0 Å². The van der Waals surface area contributed by atoms with Gasteiger partial charge in [-0.25, -0.2) is 0 Å². The summed E-state index contributed by atoms with van der Waals surface area (Å²) < 4.78 is 0. The van der Waals surface area contributed by atoms with Crippen molar-refractivity contribution < 1.29 is 10.2 Å². The number of nitrogens with zero attached hydrogens (tertiary/aromatic N) is 2. The molecule has 4 nitrogen and oxygen atoms in total. The van der Waals surface area contributed by atoms with Gasteiger partial charge in [0.05, 0.1) is 0 Å². The number of rotatable bonds is 3. The summed E-state index contributed by atoms with van der Waals surface area (Å²) >= 11 is 0. The molecule has 2 N–H and O–H groups in total. The molecule has 4 heteroatoms. The zero-order valence-electron chi connectivity index (χ0n) is 10.5. The summed E-state index contributed by atoms with van der Waals surface area (Å²) in [6, 6.07) is 0. The minimum Gasteiger partial charge on any atom is -0.377 e. The van der Waals surface area contributed by atoms with E-state index < -0.39 is 11.3 Å². The van der Waals surface area contributed by atoms with Crippen LogP contribution in [0.2, 0.25) is 0 Å². The summed E-state index contributed by atoms with van der Waals surface area (Å²) in [6.45, 7) is 3.65. The van der Waals surface area contributed by atoms with Crippen LogP contribution in [0.25, 0.3) is 0 Å². The van der Waals surface area contributed by atoms with E-state index in [0.29, 0.717) is 6.54 Å². The molecule has 2 unspecified atom stereocenters. The maximum absolute atomic E-state index is 9.89. The van der Waals surface area contributed by atoms with Crippen molar-refractivity contribution in [2.45, 2.75) is 25.2 Å². The van der Waals surface area contributed by atoms with E-state index in [1.54, 1.807) is 32.8 Å². The zero-order valence-corrected chi connectivity index (χ0v) is 10.5. The molecule has 0 aliphatic carbocycles. The molecule has 2 atom stereocenters. The maximum Gasteiger partial charge on any atom is 0.178 e. The zero-order chi connectivity index (χ0) is 12.3. The van der Waals surface area contributed by atoms with Gasteiger partial charge in [0.15, 0.2) is 5.72 Å². The lowest BCUT2D eigenvalue weighted by molar-refractivity contribution is -0.0121. The predicted octanol–water partition coefficient (Wildman–Crippen LogP) is -0.427. The molecule has 0 aromatic carbocycles. The topological polar surface area (TPSA) is 46.9 Å². The highest BCUT2D eigenvalue weighted by Crippen LogP contribution is 2.07. The molecule has 0 saturated carbocycles. The van der Waals surface area contributed by atoms with Crippen LogP contribution in [0.3, 0.4) is 0 Å². The summed E-state index contributed by atoms with van der Waals surface area (Å²) in [4.78, 5) is 3.44. The first-order chi connectivity index (χ1) is 6.57. The molecule has 15 heavy (non-hydrogen) atoms. The monoisotopic (exact) mass is 214 g/mol. The van der Waals surface area contributed by atoms with Crippen molar-refractivity contribution in [1.29, 1.82) is 0 Å². The average Bonchev–Trinajstić information content (AvgIpc) is 1.98. The molecule has 0 bridgehead atoms. The molecule has 0 heterocycles. The fourth-order valence-corrected chi connectivity index (χ4v) is 1.02. The SMILES string of the molecule is CN(C)CC(C)(O)C#CC(C)(O)N(C)C. The van der Waals surface area contributed by atoms with Gasteiger partial charge in [0.1, 0.15) is 5.60 Å². The summed E-state index contributed by atoms with van der Waals surface area (Å²) in [5.74, 6) is 5.34. The molecule has 0 radical (unpaired) electrons. The first-order valence-electron chi connectivity index (χ1n) is 4.88. The number of aliphatic hydroxyl groups is 2. The van der Waals surface area contributed by atoms with Gasteiger partial charge in [0, 0.05) is 6.54 Å². The second kappa shape index (κ2) is 4.95. The Morgan fingerprint density at radius 1 is 1.00 bits per heavy atom.